The van der Waals surface area contributed by atoms with E-state index >= 15 is 0 Å². The van der Waals surface area contributed by atoms with E-state index in [-0.39, 0.29) is 18.0 Å². The first-order valence-corrected chi connectivity index (χ1v) is 8.73. The van der Waals surface area contributed by atoms with Crippen LogP contribution in [0.4, 0.5) is 21.5 Å². The summed E-state index contributed by atoms with van der Waals surface area (Å²) in [5.74, 6) is -0.549. The number of hydrogen-bond acceptors (Lipinski definition) is 5. The van der Waals surface area contributed by atoms with Crippen LogP contribution in [-0.2, 0) is 14.3 Å². The van der Waals surface area contributed by atoms with E-state index in [2.05, 4.69) is 10.6 Å². The maximum absolute atomic E-state index is 14.5. The molecule has 2 aromatic carbocycles. The van der Waals surface area contributed by atoms with Crippen molar-refractivity contribution in [3.8, 4) is 0 Å². The van der Waals surface area contributed by atoms with Gasteiger partial charge in [0.2, 0.25) is 0 Å². The second-order valence-electron chi connectivity index (χ2n) is 6.42. The summed E-state index contributed by atoms with van der Waals surface area (Å²) in [6.07, 6.45) is 1.26. The number of likely N-dealkylation sites (N-methyl/N-ethyl adjacent to an activating group) is 1. The minimum atomic E-state index is -0.366. The van der Waals surface area contributed by atoms with Gasteiger partial charge in [-0.3, -0.25) is 4.79 Å². The van der Waals surface area contributed by atoms with Gasteiger partial charge in [0, 0.05) is 30.2 Å². The van der Waals surface area contributed by atoms with Crippen LogP contribution in [0.3, 0.4) is 0 Å². The van der Waals surface area contributed by atoms with Crippen molar-refractivity contribution in [2.45, 2.75) is 6.29 Å². The van der Waals surface area contributed by atoms with Crippen LogP contribution in [0.1, 0.15) is 5.56 Å². The molecule has 2 aromatic rings. The molecular formula is C20H20FN3O3. The summed E-state index contributed by atoms with van der Waals surface area (Å²) in [4.78, 5) is 13.9. The van der Waals surface area contributed by atoms with Crippen LogP contribution in [0.25, 0.3) is 5.57 Å². The fraction of sp³-hybridized carbons (Fsp3) is 0.250. The molecule has 2 aliphatic rings. The van der Waals surface area contributed by atoms with Crippen molar-refractivity contribution in [2.24, 2.45) is 0 Å². The highest BCUT2D eigenvalue weighted by atomic mass is 19.1. The second kappa shape index (κ2) is 7.38. The molecule has 6 nitrogen and oxygen atoms in total. The highest BCUT2D eigenvalue weighted by Gasteiger charge is 2.23. The van der Waals surface area contributed by atoms with Gasteiger partial charge in [-0.1, -0.05) is 18.2 Å². The summed E-state index contributed by atoms with van der Waals surface area (Å²) in [5, 5.41) is 5.81. The lowest BCUT2D eigenvalue weighted by molar-refractivity contribution is -0.110. The van der Waals surface area contributed by atoms with Crippen LogP contribution >= 0.6 is 0 Å². The number of nitrogens with zero attached hydrogens (tertiary/aromatic N) is 1. The average Bonchev–Trinajstić information content (AvgIpc) is 3.27. The Morgan fingerprint density at radius 3 is 2.81 bits per heavy atom. The zero-order valence-electron chi connectivity index (χ0n) is 14.9. The third kappa shape index (κ3) is 3.65. The molecule has 1 fully saturated rings. The number of fused-ring (bicyclic) bond motifs is 1. The van der Waals surface area contributed by atoms with Gasteiger partial charge in [0.15, 0.2) is 6.29 Å². The molecule has 140 valence electrons. The third-order valence-corrected chi connectivity index (χ3v) is 4.57. The van der Waals surface area contributed by atoms with Gasteiger partial charge in [-0.25, -0.2) is 4.39 Å². The Morgan fingerprint density at radius 2 is 2.04 bits per heavy atom. The van der Waals surface area contributed by atoms with E-state index in [0.29, 0.717) is 36.7 Å². The lowest BCUT2D eigenvalue weighted by Crippen LogP contribution is -2.30. The number of para-hydroxylation sites is 1. The Hall–Kier alpha value is -2.90. The molecule has 0 aliphatic carbocycles. The monoisotopic (exact) mass is 369 g/mol. The average molecular weight is 369 g/mol. The first-order chi connectivity index (χ1) is 13.1. The lowest BCUT2D eigenvalue weighted by Gasteiger charge is -2.23. The fourth-order valence-corrected chi connectivity index (χ4v) is 3.18. The largest absolute Gasteiger partial charge is 0.367 e. The number of halogens is 1. The summed E-state index contributed by atoms with van der Waals surface area (Å²) in [7, 11) is 1.79. The molecule has 4 rings (SSSR count). The van der Waals surface area contributed by atoms with Gasteiger partial charge in [0.05, 0.1) is 31.0 Å². The topological polar surface area (TPSA) is 62.8 Å². The van der Waals surface area contributed by atoms with Crippen LogP contribution in [0.2, 0.25) is 0 Å². The number of hydrogen-bond donors (Lipinski definition) is 2. The zero-order chi connectivity index (χ0) is 18.8. The van der Waals surface area contributed by atoms with E-state index in [9.17, 15) is 9.18 Å². The molecule has 1 saturated heterocycles. The fourth-order valence-electron chi connectivity index (χ4n) is 3.18. The van der Waals surface area contributed by atoms with E-state index in [0.717, 1.165) is 11.3 Å². The van der Waals surface area contributed by atoms with Crippen LogP contribution < -0.4 is 15.5 Å². The van der Waals surface area contributed by atoms with Crippen molar-refractivity contribution in [1.82, 2.24) is 0 Å². The van der Waals surface area contributed by atoms with Crippen LogP contribution in [0.5, 0.6) is 0 Å². The van der Waals surface area contributed by atoms with Crippen molar-refractivity contribution < 1.29 is 18.7 Å². The number of carbonyl (C=O) groups is 1. The highest BCUT2D eigenvalue weighted by molar-refractivity contribution is 6.31. The molecule has 2 heterocycles. The quantitative estimate of drug-likeness (QED) is 0.794. The minimum absolute atomic E-state index is 0.183. The van der Waals surface area contributed by atoms with Gasteiger partial charge in [-0.05, 0) is 24.3 Å². The van der Waals surface area contributed by atoms with Crippen LogP contribution in [0.15, 0.2) is 48.7 Å². The second-order valence-corrected chi connectivity index (χ2v) is 6.42. The van der Waals surface area contributed by atoms with Crippen LogP contribution in [0, 0.1) is 5.82 Å². The molecule has 0 aromatic heterocycles. The van der Waals surface area contributed by atoms with Crippen molar-refractivity contribution >= 4 is 28.5 Å². The molecule has 2 N–H and O–H groups in total. The molecule has 1 amide bonds. The standard InChI is InChI=1S/C20H20FN3O3/c1-24(12-19-26-8-9-27-19)18-7-6-13(10-16(18)21)22-11-15-14-4-2-3-5-17(14)23-20(15)25/h2-7,10-11,19,22H,8-9,12H2,1H3,(H,23,25)/b15-11+. The summed E-state index contributed by atoms with van der Waals surface area (Å²) in [6.45, 7) is 1.58. The van der Waals surface area contributed by atoms with E-state index in [1.165, 1.54) is 6.07 Å². The lowest BCUT2D eigenvalue weighted by atomic mass is 10.1. The summed E-state index contributed by atoms with van der Waals surface area (Å²) in [6, 6.07) is 12.3. The molecule has 0 saturated carbocycles. The van der Waals surface area contributed by atoms with E-state index < -0.39 is 0 Å². The van der Waals surface area contributed by atoms with Gasteiger partial charge in [0.1, 0.15) is 5.82 Å². The maximum Gasteiger partial charge on any atom is 0.257 e. The molecule has 27 heavy (non-hydrogen) atoms. The van der Waals surface area contributed by atoms with Gasteiger partial charge in [-0.15, -0.1) is 0 Å². The number of nitrogens with one attached hydrogen (secondary N) is 2. The first-order valence-electron chi connectivity index (χ1n) is 8.73. The number of benzene rings is 2. The normalized spacial score (nSPS) is 17.9. The van der Waals surface area contributed by atoms with Gasteiger partial charge >= 0.3 is 0 Å². The first kappa shape index (κ1) is 17.5. The molecule has 0 spiro atoms. The molecule has 0 unspecified atom stereocenters. The predicted octanol–water partition coefficient (Wildman–Crippen LogP) is 3.04. The predicted molar refractivity (Wildman–Crippen MR) is 102 cm³/mol. The molecular weight excluding hydrogens is 349 g/mol. The Bertz CT molecular complexity index is 894. The summed E-state index contributed by atoms with van der Waals surface area (Å²) >= 11 is 0. The minimum Gasteiger partial charge on any atom is -0.367 e. The highest BCUT2D eigenvalue weighted by Crippen LogP contribution is 2.31. The number of amides is 1. The SMILES string of the molecule is CN(CC1OCCO1)c1ccc(N/C=C2/C(=O)Nc3ccccc32)cc1F. The summed E-state index contributed by atoms with van der Waals surface area (Å²) < 4.78 is 25.3. The van der Waals surface area contributed by atoms with Crippen molar-refractivity contribution in [2.75, 3.05) is 42.3 Å². The number of ether oxygens (including phenoxy) is 2. The number of anilines is 3. The smallest absolute Gasteiger partial charge is 0.257 e. The molecule has 0 atom stereocenters. The third-order valence-electron chi connectivity index (χ3n) is 4.57. The maximum atomic E-state index is 14.5. The van der Waals surface area contributed by atoms with Gasteiger partial charge < -0.3 is 25.0 Å². The molecule has 2 aliphatic heterocycles. The van der Waals surface area contributed by atoms with E-state index in [4.69, 9.17) is 9.47 Å². The molecule has 7 heteroatoms. The van der Waals surface area contributed by atoms with Crippen molar-refractivity contribution in [3.63, 3.8) is 0 Å². The Labute approximate surface area is 156 Å². The van der Waals surface area contributed by atoms with Crippen LogP contribution in [-0.4, -0.2) is 39.0 Å². The zero-order valence-corrected chi connectivity index (χ0v) is 14.9. The Morgan fingerprint density at radius 1 is 1.26 bits per heavy atom. The Kier molecular flexibility index (Phi) is 4.79. The van der Waals surface area contributed by atoms with E-state index in [1.807, 2.05) is 24.3 Å². The van der Waals surface area contributed by atoms with Gasteiger partial charge in [-0.2, -0.15) is 0 Å². The van der Waals surface area contributed by atoms with E-state index in [1.54, 1.807) is 30.3 Å². The molecule has 0 radical (unpaired) electrons. The number of rotatable bonds is 5. The number of carbonyl (C=O) groups excluding carboxylic acids is 1. The van der Waals surface area contributed by atoms with Crippen molar-refractivity contribution in [3.05, 3.63) is 60.0 Å². The van der Waals surface area contributed by atoms with Crippen molar-refractivity contribution in [1.29, 1.82) is 0 Å². The Balaban J connectivity index is 1.47. The molecule has 0 bridgehead atoms. The van der Waals surface area contributed by atoms with Gasteiger partial charge in [0.25, 0.3) is 5.91 Å². The summed E-state index contributed by atoms with van der Waals surface area (Å²) in [5.41, 5.74) is 3.13.